The second-order valence-corrected chi connectivity index (χ2v) is 4.19. The zero-order chi connectivity index (χ0) is 10.3. The highest BCUT2D eigenvalue weighted by Crippen LogP contribution is 2.46. The first-order valence-corrected chi connectivity index (χ1v) is 4.68. The first-order chi connectivity index (χ1) is 6.49. The van der Waals surface area contributed by atoms with Gasteiger partial charge in [0.05, 0.1) is 19.1 Å². The Labute approximate surface area is 80.0 Å². The number of carboxylic acids is 1. The van der Waals surface area contributed by atoms with Crippen LogP contribution in [-0.2, 0) is 9.53 Å². The van der Waals surface area contributed by atoms with Crippen molar-refractivity contribution in [3.8, 4) is 0 Å². The number of carboxylic acid groups (broad SMARTS) is 1. The summed E-state index contributed by atoms with van der Waals surface area (Å²) in [4.78, 5) is 10.9. The van der Waals surface area contributed by atoms with E-state index >= 15 is 0 Å². The van der Waals surface area contributed by atoms with Crippen molar-refractivity contribution < 1.29 is 23.4 Å². The zero-order valence-corrected chi connectivity index (χ0v) is 7.58. The molecule has 0 amide bonds. The molecule has 2 fully saturated rings. The quantitative estimate of drug-likeness (QED) is 0.705. The highest BCUT2D eigenvalue weighted by molar-refractivity contribution is 5.71. The van der Waals surface area contributed by atoms with Crippen molar-refractivity contribution in [1.82, 2.24) is 0 Å². The third kappa shape index (κ3) is 1.61. The number of halogens is 2. The molecule has 3 nitrogen and oxygen atoms in total. The maximum atomic E-state index is 13.1. The number of hydrogen-bond acceptors (Lipinski definition) is 2. The standard InChI is InChI=1S/C9H12F2O3/c10-9(11)1-5-3-14-4-6(2-9)7(5)8(12)13/h5-7H,1-4H2,(H,12,13). The van der Waals surface area contributed by atoms with E-state index in [9.17, 15) is 13.6 Å². The summed E-state index contributed by atoms with van der Waals surface area (Å²) in [6.45, 7) is 0.312. The molecule has 2 bridgehead atoms. The van der Waals surface area contributed by atoms with E-state index in [2.05, 4.69) is 0 Å². The second kappa shape index (κ2) is 3.15. The summed E-state index contributed by atoms with van der Waals surface area (Å²) >= 11 is 0. The molecule has 1 aliphatic heterocycles. The van der Waals surface area contributed by atoms with E-state index in [1.54, 1.807) is 0 Å². The Balaban J connectivity index is 2.19. The smallest absolute Gasteiger partial charge is 0.307 e. The molecule has 1 saturated heterocycles. The van der Waals surface area contributed by atoms with E-state index in [0.717, 1.165) is 0 Å². The van der Waals surface area contributed by atoms with Gasteiger partial charge < -0.3 is 9.84 Å². The van der Waals surface area contributed by atoms with Gasteiger partial charge in [0.25, 0.3) is 0 Å². The van der Waals surface area contributed by atoms with Crippen LogP contribution in [0.2, 0.25) is 0 Å². The van der Waals surface area contributed by atoms with Gasteiger partial charge >= 0.3 is 5.97 Å². The number of rotatable bonds is 1. The Kier molecular flexibility index (Phi) is 2.21. The SMILES string of the molecule is O=C(O)C1C2COCC1CC(F)(F)C2. The van der Waals surface area contributed by atoms with E-state index < -0.39 is 29.6 Å². The highest BCUT2D eigenvalue weighted by atomic mass is 19.3. The van der Waals surface area contributed by atoms with E-state index in [4.69, 9.17) is 9.84 Å². The van der Waals surface area contributed by atoms with Crippen LogP contribution in [0.3, 0.4) is 0 Å². The fourth-order valence-electron chi connectivity index (χ4n) is 2.59. The first-order valence-electron chi connectivity index (χ1n) is 4.68. The summed E-state index contributed by atoms with van der Waals surface area (Å²) in [5.41, 5.74) is 0. The van der Waals surface area contributed by atoms with Crippen molar-refractivity contribution in [2.24, 2.45) is 17.8 Å². The van der Waals surface area contributed by atoms with Gasteiger partial charge in [-0.3, -0.25) is 4.79 Å². The lowest BCUT2D eigenvalue weighted by atomic mass is 9.69. The van der Waals surface area contributed by atoms with Gasteiger partial charge in [-0.1, -0.05) is 0 Å². The molecule has 1 aliphatic carbocycles. The van der Waals surface area contributed by atoms with Crippen molar-refractivity contribution in [2.45, 2.75) is 18.8 Å². The highest BCUT2D eigenvalue weighted by Gasteiger charge is 2.51. The molecule has 2 atom stereocenters. The molecule has 1 heterocycles. The molecule has 14 heavy (non-hydrogen) atoms. The maximum Gasteiger partial charge on any atom is 0.307 e. The molecule has 0 spiro atoms. The first kappa shape index (κ1) is 9.83. The summed E-state index contributed by atoms with van der Waals surface area (Å²) in [6, 6.07) is 0. The van der Waals surface area contributed by atoms with Crippen molar-refractivity contribution in [1.29, 1.82) is 0 Å². The molecule has 2 unspecified atom stereocenters. The molecule has 0 aromatic rings. The van der Waals surface area contributed by atoms with Crippen LogP contribution >= 0.6 is 0 Å². The van der Waals surface area contributed by atoms with Crippen LogP contribution in [-0.4, -0.2) is 30.2 Å². The lowest BCUT2D eigenvalue weighted by Crippen LogP contribution is -2.49. The molecule has 1 N–H and O–H groups in total. The molecule has 0 radical (unpaired) electrons. The van der Waals surface area contributed by atoms with Crippen LogP contribution in [0.4, 0.5) is 8.78 Å². The maximum absolute atomic E-state index is 13.1. The van der Waals surface area contributed by atoms with Gasteiger partial charge in [-0.15, -0.1) is 0 Å². The molecule has 0 aromatic carbocycles. The molecule has 80 valence electrons. The second-order valence-electron chi connectivity index (χ2n) is 4.19. The number of fused-ring (bicyclic) bond motifs is 2. The molecule has 0 aromatic heterocycles. The Morgan fingerprint density at radius 3 is 2.21 bits per heavy atom. The monoisotopic (exact) mass is 206 g/mol. The van der Waals surface area contributed by atoms with Gasteiger partial charge in [-0.05, 0) is 0 Å². The Bertz CT molecular complexity index is 238. The van der Waals surface area contributed by atoms with E-state index in [0.29, 0.717) is 0 Å². The molecule has 2 rings (SSSR count). The fraction of sp³-hybridized carbons (Fsp3) is 0.889. The molecule has 2 aliphatic rings. The van der Waals surface area contributed by atoms with Crippen molar-refractivity contribution in [3.63, 3.8) is 0 Å². The Morgan fingerprint density at radius 2 is 1.79 bits per heavy atom. The minimum Gasteiger partial charge on any atom is -0.481 e. The van der Waals surface area contributed by atoms with Crippen LogP contribution in [0.25, 0.3) is 0 Å². The van der Waals surface area contributed by atoms with Crippen LogP contribution in [0.1, 0.15) is 12.8 Å². The lowest BCUT2D eigenvalue weighted by Gasteiger charge is -2.43. The summed E-state index contributed by atoms with van der Waals surface area (Å²) in [5.74, 6) is -5.34. The van der Waals surface area contributed by atoms with Crippen molar-refractivity contribution in [3.05, 3.63) is 0 Å². The normalized spacial score (nSPS) is 40.6. The molecular formula is C9H12F2O3. The zero-order valence-electron chi connectivity index (χ0n) is 7.58. The van der Waals surface area contributed by atoms with Gasteiger partial charge in [0.15, 0.2) is 0 Å². The van der Waals surface area contributed by atoms with Gasteiger partial charge in [0.1, 0.15) is 0 Å². The van der Waals surface area contributed by atoms with Crippen LogP contribution in [0, 0.1) is 17.8 Å². The summed E-state index contributed by atoms with van der Waals surface area (Å²) in [6.07, 6.45) is -0.694. The lowest BCUT2D eigenvalue weighted by molar-refractivity contribution is -0.179. The van der Waals surface area contributed by atoms with Crippen LogP contribution < -0.4 is 0 Å². The summed E-state index contributed by atoms with van der Waals surface area (Å²) < 4.78 is 31.3. The number of aliphatic carboxylic acids is 1. The average molecular weight is 206 g/mol. The Hall–Kier alpha value is -0.710. The third-order valence-corrected chi connectivity index (χ3v) is 3.09. The van der Waals surface area contributed by atoms with E-state index in [-0.39, 0.29) is 26.1 Å². The predicted molar refractivity (Wildman–Crippen MR) is 43.1 cm³/mol. The van der Waals surface area contributed by atoms with Gasteiger partial charge in [0, 0.05) is 24.7 Å². The number of alkyl halides is 2. The van der Waals surface area contributed by atoms with Gasteiger partial charge in [0.2, 0.25) is 5.92 Å². The fourth-order valence-corrected chi connectivity index (χ4v) is 2.59. The molecule has 5 heteroatoms. The summed E-state index contributed by atoms with van der Waals surface area (Å²) in [7, 11) is 0. The molecule has 1 saturated carbocycles. The topological polar surface area (TPSA) is 46.5 Å². The number of hydrogen-bond donors (Lipinski definition) is 1. The minimum atomic E-state index is -2.70. The van der Waals surface area contributed by atoms with Crippen LogP contribution in [0.15, 0.2) is 0 Å². The van der Waals surface area contributed by atoms with E-state index in [1.807, 2.05) is 0 Å². The number of carbonyl (C=O) groups is 1. The summed E-state index contributed by atoms with van der Waals surface area (Å²) in [5, 5.41) is 8.91. The number of ether oxygens (including phenoxy) is 1. The van der Waals surface area contributed by atoms with Crippen LogP contribution in [0.5, 0.6) is 0 Å². The third-order valence-electron chi connectivity index (χ3n) is 3.09. The minimum absolute atomic E-state index is 0.156. The van der Waals surface area contributed by atoms with Crippen molar-refractivity contribution in [2.75, 3.05) is 13.2 Å². The predicted octanol–water partition coefficient (Wildman–Crippen LogP) is 1.38. The van der Waals surface area contributed by atoms with Crippen molar-refractivity contribution >= 4 is 5.97 Å². The largest absolute Gasteiger partial charge is 0.481 e. The Morgan fingerprint density at radius 1 is 1.29 bits per heavy atom. The van der Waals surface area contributed by atoms with E-state index in [1.165, 1.54) is 0 Å². The average Bonchev–Trinajstić information content (AvgIpc) is 1.99. The molecular weight excluding hydrogens is 194 g/mol. The van der Waals surface area contributed by atoms with Gasteiger partial charge in [-0.2, -0.15) is 0 Å². The van der Waals surface area contributed by atoms with Gasteiger partial charge in [-0.25, -0.2) is 8.78 Å².